The second kappa shape index (κ2) is 7.00. The molecule has 2 rings (SSSR count). The summed E-state index contributed by atoms with van der Waals surface area (Å²) in [6, 6.07) is 17.0. The molecule has 2 aromatic carbocycles. The number of rotatable bonds is 5. The molecule has 120 valence electrons. The van der Waals surface area contributed by atoms with Crippen molar-refractivity contribution >= 4 is 11.6 Å². The molecule has 0 saturated heterocycles. The van der Waals surface area contributed by atoms with E-state index in [9.17, 15) is 0 Å². The van der Waals surface area contributed by atoms with Crippen LogP contribution in [0.5, 0.6) is 0 Å². The van der Waals surface area contributed by atoms with Gasteiger partial charge in [0.1, 0.15) is 0 Å². The average molecular weight is 304 g/mol. The Morgan fingerprint density at radius 3 is 2.30 bits per heavy atom. The van der Waals surface area contributed by atoms with E-state index in [0.29, 0.717) is 0 Å². The summed E-state index contributed by atoms with van der Waals surface area (Å²) in [7, 11) is 0. The Kier molecular flexibility index (Phi) is 5.26. The molecule has 0 N–H and O–H groups in total. The first-order valence-corrected chi connectivity index (χ1v) is 8.39. The number of benzene rings is 2. The van der Waals surface area contributed by atoms with E-state index in [2.05, 4.69) is 89.7 Å². The zero-order chi connectivity index (χ0) is 17.0. The van der Waals surface area contributed by atoms with Crippen LogP contribution in [-0.2, 0) is 0 Å². The minimum atomic E-state index is 0.235. The minimum absolute atomic E-state index is 0.235. The van der Waals surface area contributed by atoms with Crippen molar-refractivity contribution in [2.24, 2.45) is 5.41 Å². The fourth-order valence-electron chi connectivity index (χ4n) is 2.50. The van der Waals surface area contributed by atoms with Crippen LogP contribution in [0.15, 0.2) is 60.7 Å². The Morgan fingerprint density at radius 2 is 1.70 bits per heavy atom. The highest BCUT2D eigenvalue weighted by Crippen LogP contribution is 2.32. The highest BCUT2D eigenvalue weighted by atomic mass is 14.2. The summed E-state index contributed by atoms with van der Waals surface area (Å²) in [5.74, 6) is 0. The Labute approximate surface area is 141 Å². The second-order valence-electron chi connectivity index (χ2n) is 6.98. The van der Waals surface area contributed by atoms with Crippen LogP contribution in [0.3, 0.4) is 0 Å². The molecule has 0 atom stereocenters. The number of allylic oxidation sites excluding steroid dienone is 1. The lowest BCUT2D eigenvalue weighted by Crippen LogP contribution is -2.10. The molecule has 0 bridgehead atoms. The lowest BCUT2D eigenvalue weighted by atomic mass is 9.81. The van der Waals surface area contributed by atoms with Gasteiger partial charge in [-0.3, -0.25) is 0 Å². The number of hydrogen-bond acceptors (Lipinski definition) is 0. The Hall–Kier alpha value is -2.08. The smallest absolute Gasteiger partial charge is 0.0147 e. The van der Waals surface area contributed by atoms with Crippen LogP contribution in [-0.4, -0.2) is 0 Å². The van der Waals surface area contributed by atoms with Gasteiger partial charge in [0.15, 0.2) is 0 Å². The molecule has 0 unspecified atom stereocenters. The molecular formula is C23H28. The topological polar surface area (TPSA) is 0 Å². The molecule has 0 nitrogen and oxygen atoms in total. The largest absolute Gasteiger partial charge is 0.0906 e. The first-order chi connectivity index (χ1) is 10.8. The van der Waals surface area contributed by atoms with E-state index in [1.807, 2.05) is 6.07 Å². The molecule has 0 radical (unpaired) electrons. The van der Waals surface area contributed by atoms with Gasteiger partial charge in [-0.05, 0) is 59.6 Å². The molecule has 0 fully saturated rings. The second-order valence-corrected chi connectivity index (χ2v) is 6.98. The van der Waals surface area contributed by atoms with E-state index in [-0.39, 0.29) is 5.41 Å². The summed E-state index contributed by atoms with van der Waals surface area (Å²) >= 11 is 0. The summed E-state index contributed by atoms with van der Waals surface area (Å²) in [5, 5.41) is 0. The average Bonchev–Trinajstić information content (AvgIpc) is 2.56. The summed E-state index contributed by atoms with van der Waals surface area (Å²) in [4.78, 5) is 0. The number of aryl methyl sites for hydroxylation is 1. The SMILES string of the molecule is C=C(c1ccccc1)c1ccc(C)c(/C=C(\C)C(C)(C)CC)c1. The third kappa shape index (κ3) is 4.01. The molecule has 0 aliphatic heterocycles. The molecule has 0 aliphatic carbocycles. The van der Waals surface area contributed by atoms with Crippen LogP contribution < -0.4 is 0 Å². The first-order valence-electron chi connectivity index (χ1n) is 8.39. The minimum Gasteiger partial charge on any atom is -0.0906 e. The van der Waals surface area contributed by atoms with Crippen LogP contribution in [0.4, 0.5) is 0 Å². The van der Waals surface area contributed by atoms with E-state index < -0.39 is 0 Å². The standard InChI is InChI=1S/C23H28/c1-7-23(5,6)18(3)15-22-16-21(14-13-17(22)2)19(4)20-11-9-8-10-12-20/h8-16H,4,7H2,1-3,5-6H3/b18-15+. The Morgan fingerprint density at radius 1 is 1.04 bits per heavy atom. The fourth-order valence-corrected chi connectivity index (χ4v) is 2.50. The van der Waals surface area contributed by atoms with E-state index in [1.165, 1.54) is 27.8 Å². The van der Waals surface area contributed by atoms with Crippen LogP contribution in [0.1, 0.15) is 56.4 Å². The summed E-state index contributed by atoms with van der Waals surface area (Å²) < 4.78 is 0. The van der Waals surface area contributed by atoms with Gasteiger partial charge in [0.2, 0.25) is 0 Å². The molecular weight excluding hydrogens is 276 g/mol. The van der Waals surface area contributed by atoms with E-state index >= 15 is 0 Å². The van der Waals surface area contributed by atoms with Crippen molar-refractivity contribution in [3.8, 4) is 0 Å². The van der Waals surface area contributed by atoms with Gasteiger partial charge < -0.3 is 0 Å². The highest BCUT2D eigenvalue weighted by Gasteiger charge is 2.17. The molecule has 23 heavy (non-hydrogen) atoms. The Bertz CT molecular complexity index is 715. The maximum atomic E-state index is 4.29. The summed E-state index contributed by atoms with van der Waals surface area (Å²) in [5.41, 5.74) is 7.70. The predicted octanol–water partition coefficient (Wildman–Crippen LogP) is 6.90. The third-order valence-corrected chi connectivity index (χ3v) is 5.07. The zero-order valence-electron chi connectivity index (χ0n) is 15.1. The molecule has 0 heteroatoms. The molecule has 0 heterocycles. The van der Waals surface area contributed by atoms with Crippen molar-refractivity contribution in [2.75, 3.05) is 0 Å². The molecule has 0 saturated carbocycles. The summed E-state index contributed by atoms with van der Waals surface area (Å²) in [6.45, 7) is 15.6. The van der Waals surface area contributed by atoms with E-state index in [0.717, 1.165) is 12.0 Å². The maximum Gasteiger partial charge on any atom is -0.0147 e. The molecule has 0 aliphatic rings. The molecule has 2 aromatic rings. The van der Waals surface area contributed by atoms with Crippen molar-refractivity contribution in [1.29, 1.82) is 0 Å². The van der Waals surface area contributed by atoms with Crippen LogP contribution in [0.25, 0.3) is 11.6 Å². The van der Waals surface area contributed by atoms with Crippen molar-refractivity contribution < 1.29 is 0 Å². The van der Waals surface area contributed by atoms with Crippen LogP contribution in [0, 0.1) is 12.3 Å². The van der Waals surface area contributed by atoms with E-state index in [4.69, 9.17) is 0 Å². The van der Waals surface area contributed by atoms with Gasteiger partial charge in [-0.1, -0.05) is 81.5 Å². The van der Waals surface area contributed by atoms with Gasteiger partial charge in [-0.15, -0.1) is 0 Å². The van der Waals surface area contributed by atoms with Crippen LogP contribution >= 0.6 is 0 Å². The highest BCUT2D eigenvalue weighted by molar-refractivity contribution is 5.79. The first kappa shape index (κ1) is 17.3. The van der Waals surface area contributed by atoms with Crippen LogP contribution in [0.2, 0.25) is 0 Å². The van der Waals surface area contributed by atoms with Gasteiger partial charge in [0, 0.05) is 0 Å². The van der Waals surface area contributed by atoms with Gasteiger partial charge in [-0.25, -0.2) is 0 Å². The van der Waals surface area contributed by atoms with Crippen molar-refractivity contribution in [3.63, 3.8) is 0 Å². The van der Waals surface area contributed by atoms with Gasteiger partial charge in [-0.2, -0.15) is 0 Å². The predicted molar refractivity (Wildman–Crippen MR) is 103 cm³/mol. The lowest BCUT2D eigenvalue weighted by Gasteiger charge is -2.24. The quantitative estimate of drug-likeness (QED) is 0.564. The van der Waals surface area contributed by atoms with Gasteiger partial charge in [0.25, 0.3) is 0 Å². The zero-order valence-corrected chi connectivity index (χ0v) is 15.1. The van der Waals surface area contributed by atoms with Gasteiger partial charge in [0.05, 0.1) is 0 Å². The van der Waals surface area contributed by atoms with E-state index in [1.54, 1.807) is 0 Å². The summed E-state index contributed by atoms with van der Waals surface area (Å²) in [6.07, 6.45) is 3.48. The van der Waals surface area contributed by atoms with Crippen molar-refractivity contribution in [2.45, 2.75) is 41.0 Å². The molecule has 0 spiro atoms. The number of hydrogen-bond donors (Lipinski definition) is 0. The monoisotopic (exact) mass is 304 g/mol. The van der Waals surface area contributed by atoms with Gasteiger partial charge >= 0.3 is 0 Å². The fraction of sp³-hybridized carbons (Fsp3) is 0.304. The molecule has 0 amide bonds. The maximum absolute atomic E-state index is 4.29. The van der Waals surface area contributed by atoms with Crippen molar-refractivity contribution in [3.05, 3.63) is 82.9 Å². The lowest BCUT2D eigenvalue weighted by molar-refractivity contribution is 0.432. The third-order valence-electron chi connectivity index (χ3n) is 5.07. The normalized spacial score (nSPS) is 12.3. The molecule has 0 aromatic heterocycles. The van der Waals surface area contributed by atoms with Crippen molar-refractivity contribution in [1.82, 2.24) is 0 Å². The Balaban J connectivity index is 2.41.